The Balaban J connectivity index is 2.81. The lowest BCUT2D eigenvalue weighted by molar-refractivity contribution is 0.555. The Kier molecular flexibility index (Phi) is 4.81. The van der Waals surface area contributed by atoms with Crippen molar-refractivity contribution in [1.29, 1.82) is 0 Å². The SMILES string of the molecule is Cc1cc(C)cc(NC(N)=NCC(C)(C)S(C)(=O)=O)c1. The lowest BCUT2D eigenvalue weighted by atomic mass is 10.1. The summed E-state index contributed by atoms with van der Waals surface area (Å²) in [5, 5.41) is 2.98. The second kappa shape index (κ2) is 5.83. The Bertz CT molecular complexity index is 599. The quantitative estimate of drug-likeness (QED) is 0.656. The van der Waals surface area contributed by atoms with E-state index in [2.05, 4.69) is 16.4 Å². The number of aliphatic imine (C=N–C) groups is 1. The lowest BCUT2D eigenvalue weighted by Crippen LogP contribution is -2.36. The van der Waals surface area contributed by atoms with Gasteiger partial charge in [0.05, 0.1) is 11.3 Å². The molecule has 112 valence electrons. The minimum absolute atomic E-state index is 0.121. The van der Waals surface area contributed by atoms with Crippen LogP contribution in [0.4, 0.5) is 5.69 Å². The van der Waals surface area contributed by atoms with Crippen LogP contribution in [0.1, 0.15) is 25.0 Å². The molecule has 0 spiro atoms. The molecule has 0 saturated carbocycles. The van der Waals surface area contributed by atoms with Crippen molar-refractivity contribution in [2.75, 3.05) is 18.1 Å². The number of anilines is 1. The molecule has 20 heavy (non-hydrogen) atoms. The van der Waals surface area contributed by atoms with Gasteiger partial charge in [-0.15, -0.1) is 0 Å². The smallest absolute Gasteiger partial charge is 0.193 e. The van der Waals surface area contributed by atoms with E-state index >= 15 is 0 Å². The van der Waals surface area contributed by atoms with Crippen LogP contribution in [0.2, 0.25) is 0 Å². The molecule has 1 aromatic carbocycles. The van der Waals surface area contributed by atoms with Gasteiger partial charge in [0.15, 0.2) is 15.8 Å². The number of nitrogens with zero attached hydrogens (tertiary/aromatic N) is 1. The van der Waals surface area contributed by atoms with Gasteiger partial charge < -0.3 is 11.1 Å². The van der Waals surface area contributed by atoms with Gasteiger partial charge in [-0.25, -0.2) is 8.42 Å². The molecule has 1 rings (SSSR count). The van der Waals surface area contributed by atoms with Crippen molar-refractivity contribution in [2.45, 2.75) is 32.4 Å². The lowest BCUT2D eigenvalue weighted by Gasteiger charge is -2.20. The Morgan fingerprint density at radius 3 is 2.20 bits per heavy atom. The van der Waals surface area contributed by atoms with Crippen molar-refractivity contribution in [3.63, 3.8) is 0 Å². The summed E-state index contributed by atoms with van der Waals surface area (Å²) in [5.74, 6) is 0.215. The van der Waals surface area contributed by atoms with Crippen LogP contribution in [-0.2, 0) is 9.84 Å². The van der Waals surface area contributed by atoms with Crippen molar-refractivity contribution in [2.24, 2.45) is 10.7 Å². The van der Waals surface area contributed by atoms with E-state index in [1.807, 2.05) is 26.0 Å². The molecular formula is C14H23N3O2S. The Morgan fingerprint density at radius 2 is 1.75 bits per heavy atom. The van der Waals surface area contributed by atoms with Crippen LogP contribution >= 0.6 is 0 Å². The second-order valence-electron chi connectivity index (χ2n) is 5.73. The average molecular weight is 297 g/mol. The predicted molar refractivity (Wildman–Crippen MR) is 85.0 cm³/mol. The molecule has 0 aliphatic heterocycles. The third-order valence-corrected chi connectivity index (χ3v) is 5.26. The zero-order valence-corrected chi connectivity index (χ0v) is 13.5. The van der Waals surface area contributed by atoms with Gasteiger partial charge in [-0.3, -0.25) is 4.99 Å². The predicted octanol–water partition coefficient (Wildman–Crippen LogP) is 1.85. The molecule has 0 aromatic heterocycles. The van der Waals surface area contributed by atoms with Crippen molar-refractivity contribution in [3.05, 3.63) is 29.3 Å². The zero-order valence-electron chi connectivity index (χ0n) is 12.7. The Labute approximate surface area is 121 Å². The van der Waals surface area contributed by atoms with Gasteiger partial charge in [-0.05, 0) is 51.0 Å². The summed E-state index contributed by atoms with van der Waals surface area (Å²) in [6.45, 7) is 7.39. The van der Waals surface area contributed by atoms with Crippen LogP contribution in [0, 0.1) is 13.8 Å². The largest absolute Gasteiger partial charge is 0.370 e. The topological polar surface area (TPSA) is 84.5 Å². The van der Waals surface area contributed by atoms with Crippen molar-refractivity contribution >= 4 is 21.5 Å². The summed E-state index contributed by atoms with van der Waals surface area (Å²) in [6.07, 6.45) is 1.20. The molecule has 0 aliphatic rings. The van der Waals surface area contributed by atoms with E-state index in [4.69, 9.17) is 5.73 Å². The number of aryl methyl sites for hydroxylation is 2. The highest BCUT2D eigenvalue weighted by Gasteiger charge is 2.29. The van der Waals surface area contributed by atoms with E-state index in [0.717, 1.165) is 16.8 Å². The maximum Gasteiger partial charge on any atom is 0.193 e. The Hall–Kier alpha value is -1.56. The molecule has 0 amide bonds. The van der Waals surface area contributed by atoms with Crippen LogP contribution in [0.3, 0.4) is 0 Å². The van der Waals surface area contributed by atoms with Crippen LogP contribution in [-0.4, -0.2) is 31.9 Å². The van der Waals surface area contributed by atoms with E-state index < -0.39 is 14.6 Å². The first-order chi connectivity index (χ1) is 9.01. The van der Waals surface area contributed by atoms with Crippen molar-refractivity contribution < 1.29 is 8.42 Å². The van der Waals surface area contributed by atoms with Gasteiger partial charge in [-0.2, -0.15) is 0 Å². The number of benzene rings is 1. The van der Waals surface area contributed by atoms with E-state index in [-0.39, 0.29) is 12.5 Å². The highest BCUT2D eigenvalue weighted by molar-refractivity contribution is 7.92. The first-order valence-corrected chi connectivity index (χ1v) is 8.25. The Morgan fingerprint density at radius 1 is 1.25 bits per heavy atom. The summed E-state index contributed by atoms with van der Waals surface area (Å²) < 4.78 is 22.2. The van der Waals surface area contributed by atoms with Gasteiger partial charge in [0, 0.05) is 11.9 Å². The number of nitrogens with two attached hydrogens (primary N) is 1. The molecular weight excluding hydrogens is 274 g/mol. The standard InChI is InChI=1S/C14H23N3O2S/c1-10-6-11(2)8-12(7-10)17-13(15)16-9-14(3,4)20(5,18)19/h6-8H,9H2,1-5H3,(H3,15,16,17). The number of nitrogens with one attached hydrogen (secondary N) is 1. The third kappa shape index (κ3) is 4.52. The minimum Gasteiger partial charge on any atom is -0.370 e. The van der Waals surface area contributed by atoms with Crippen LogP contribution in [0.5, 0.6) is 0 Å². The van der Waals surface area contributed by atoms with E-state index in [0.29, 0.717) is 0 Å². The second-order valence-corrected chi connectivity index (χ2v) is 8.38. The molecule has 0 heterocycles. The monoisotopic (exact) mass is 297 g/mol. The number of sulfone groups is 1. The van der Waals surface area contributed by atoms with Gasteiger partial charge in [0.25, 0.3) is 0 Å². The molecule has 0 fully saturated rings. The molecule has 0 radical (unpaired) electrons. The summed E-state index contributed by atoms with van der Waals surface area (Å²) >= 11 is 0. The first kappa shape index (κ1) is 16.5. The summed E-state index contributed by atoms with van der Waals surface area (Å²) in [5.41, 5.74) is 8.89. The highest BCUT2D eigenvalue weighted by atomic mass is 32.2. The summed E-state index contributed by atoms with van der Waals surface area (Å²) in [7, 11) is -3.17. The van der Waals surface area contributed by atoms with Crippen LogP contribution in [0.25, 0.3) is 0 Å². The molecule has 0 atom stereocenters. The highest BCUT2D eigenvalue weighted by Crippen LogP contribution is 2.16. The number of guanidine groups is 1. The fourth-order valence-corrected chi connectivity index (χ4v) is 1.93. The van der Waals surface area contributed by atoms with Gasteiger partial charge in [0.1, 0.15) is 0 Å². The molecule has 6 heteroatoms. The molecule has 0 bridgehead atoms. The summed E-state index contributed by atoms with van der Waals surface area (Å²) in [6, 6.07) is 5.97. The fraction of sp³-hybridized carbons (Fsp3) is 0.500. The molecule has 0 unspecified atom stereocenters. The molecule has 0 saturated heterocycles. The first-order valence-electron chi connectivity index (χ1n) is 6.36. The molecule has 3 N–H and O–H groups in total. The van der Waals surface area contributed by atoms with Crippen molar-refractivity contribution in [3.8, 4) is 0 Å². The van der Waals surface area contributed by atoms with Gasteiger partial charge >= 0.3 is 0 Å². The number of rotatable bonds is 4. The minimum atomic E-state index is -3.17. The fourth-order valence-electron chi connectivity index (χ4n) is 1.63. The van der Waals surface area contributed by atoms with Gasteiger partial charge in [-0.1, -0.05) is 6.07 Å². The maximum atomic E-state index is 11.6. The molecule has 1 aromatic rings. The zero-order chi connectivity index (χ0) is 15.6. The number of hydrogen-bond donors (Lipinski definition) is 2. The van der Waals surface area contributed by atoms with Gasteiger partial charge in [0.2, 0.25) is 0 Å². The summed E-state index contributed by atoms with van der Waals surface area (Å²) in [4.78, 5) is 4.12. The molecule has 0 aliphatic carbocycles. The normalized spacial score (nSPS) is 13.3. The van der Waals surface area contributed by atoms with Crippen LogP contribution < -0.4 is 11.1 Å². The van der Waals surface area contributed by atoms with E-state index in [9.17, 15) is 8.42 Å². The van der Waals surface area contributed by atoms with E-state index in [1.165, 1.54) is 6.26 Å². The maximum absolute atomic E-state index is 11.6. The molecule has 5 nitrogen and oxygen atoms in total. The third-order valence-electron chi connectivity index (χ3n) is 3.13. The number of hydrogen-bond acceptors (Lipinski definition) is 3. The van der Waals surface area contributed by atoms with E-state index in [1.54, 1.807) is 13.8 Å². The van der Waals surface area contributed by atoms with Crippen LogP contribution in [0.15, 0.2) is 23.2 Å². The van der Waals surface area contributed by atoms with Crippen molar-refractivity contribution in [1.82, 2.24) is 0 Å². The average Bonchev–Trinajstić information content (AvgIpc) is 2.23.